The Morgan fingerprint density at radius 3 is 2.95 bits per heavy atom. The predicted octanol–water partition coefficient (Wildman–Crippen LogP) is 4.98. The lowest BCUT2D eigenvalue weighted by molar-refractivity contribution is 0.342. The van der Waals surface area contributed by atoms with Crippen molar-refractivity contribution in [3.8, 4) is 0 Å². The van der Waals surface area contributed by atoms with Crippen LogP contribution in [0.2, 0.25) is 0 Å². The molecule has 1 N–H and O–H groups in total. The first kappa shape index (κ1) is 14.8. The van der Waals surface area contributed by atoms with Crippen molar-refractivity contribution < 1.29 is 0 Å². The van der Waals surface area contributed by atoms with Crippen LogP contribution in [-0.2, 0) is 12.8 Å². The van der Waals surface area contributed by atoms with Crippen LogP contribution in [0.5, 0.6) is 0 Å². The Labute approximate surface area is 132 Å². The van der Waals surface area contributed by atoms with Gasteiger partial charge >= 0.3 is 0 Å². The van der Waals surface area contributed by atoms with E-state index in [4.69, 9.17) is 0 Å². The third-order valence-corrected chi connectivity index (χ3v) is 5.31. The molecule has 0 saturated heterocycles. The van der Waals surface area contributed by atoms with Gasteiger partial charge in [0.1, 0.15) is 0 Å². The average molecular weight is 299 g/mol. The zero-order valence-corrected chi connectivity index (χ0v) is 13.7. The van der Waals surface area contributed by atoms with Crippen LogP contribution in [0, 0.1) is 5.92 Å². The SMILES string of the molecule is CCCNC1c2ccccc2CCCC1Cc1ccsc1. The van der Waals surface area contributed by atoms with E-state index < -0.39 is 0 Å². The molecule has 0 fully saturated rings. The van der Waals surface area contributed by atoms with E-state index in [1.165, 1.54) is 37.7 Å². The summed E-state index contributed by atoms with van der Waals surface area (Å²) in [6.45, 7) is 3.36. The number of aryl methyl sites for hydroxylation is 1. The van der Waals surface area contributed by atoms with E-state index in [2.05, 4.69) is 53.3 Å². The quantitative estimate of drug-likeness (QED) is 0.767. The summed E-state index contributed by atoms with van der Waals surface area (Å²) in [4.78, 5) is 0. The molecular formula is C19H25NS. The molecular weight excluding hydrogens is 274 g/mol. The van der Waals surface area contributed by atoms with Crippen molar-refractivity contribution in [3.63, 3.8) is 0 Å². The van der Waals surface area contributed by atoms with Gasteiger partial charge in [-0.05, 0) is 78.1 Å². The molecule has 0 radical (unpaired) electrons. The third-order valence-electron chi connectivity index (χ3n) is 4.57. The zero-order valence-electron chi connectivity index (χ0n) is 12.8. The molecule has 1 heterocycles. The highest BCUT2D eigenvalue weighted by Gasteiger charge is 2.27. The lowest BCUT2D eigenvalue weighted by Gasteiger charge is -2.28. The summed E-state index contributed by atoms with van der Waals surface area (Å²) < 4.78 is 0. The summed E-state index contributed by atoms with van der Waals surface area (Å²) in [5, 5.41) is 8.35. The minimum absolute atomic E-state index is 0.517. The standard InChI is InChI=1S/C19H25NS/c1-2-11-20-19-17(13-15-10-12-21-14-15)8-5-7-16-6-3-4-9-18(16)19/h3-4,6,9-10,12,14,17,19-20H,2,5,7-8,11,13H2,1H3. The normalized spacial score (nSPS) is 21.8. The maximum atomic E-state index is 3.83. The maximum absolute atomic E-state index is 3.83. The molecule has 0 spiro atoms. The highest BCUT2D eigenvalue weighted by Crippen LogP contribution is 2.35. The van der Waals surface area contributed by atoms with E-state index in [0.717, 1.165) is 12.5 Å². The Kier molecular flexibility index (Phi) is 5.10. The van der Waals surface area contributed by atoms with E-state index in [-0.39, 0.29) is 0 Å². The van der Waals surface area contributed by atoms with Crippen molar-refractivity contribution in [1.82, 2.24) is 5.32 Å². The summed E-state index contributed by atoms with van der Waals surface area (Å²) in [7, 11) is 0. The summed E-state index contributed by atoms with van der Waals surface area (Å²) in [6.07, 6.45) is 6.28. The molecule has 1 aromatic carbocycles. The molecule has 112 valence electrons. The van der Waals surface area contributed by atoms with Gasteiger partial charge in [-0.3, -0.25) is 0 Å². The van der Waals surface area contributed by atoms with Crippen LogP contribution < -0.4 is 5.32 Å². The van der Waals surface area contributed by atoms with Crippen LogP contribution in [0.15, 0.2) is 41.1 Å². The van der Waals surface area contributed by atoms with Crippen molar-refractivity contribution in [2.45, 2.75) is 45.1 Å². The first-order valence-electron chi connectivity index (χ1n) is 8.20. The van der Waals surface area contributed by atoms with Crippen LogP contribution >= 0.6 is 11.3 Å². The van der Waals surface area contributed by atoms with Crippen LogP contribution in [0.4, 0.5) is 0 Å². The molecule has 0 amide bonds. The van der Waals surface area contributed by atoms with Gasteiger partial charge in [0.05, 0.1) is 0 Å². The summed E-state index contributed by atoms with van der Waals surface area (Å²) in [6, 6.07) is 11.9. The van der Waals surface area contributed by atoms with Gasteiger partial charge in [0.25, 0.3) is 0 Å². The second-order valence-corrected chi connectivity index (χ2v) is 6.90. The van der Waals surface area contributed by atoms with Crippen molar-refractivity contribution in [3.05, 3.63) is 57.8 Å². The van der Waals surface area contributed by atoms with Crippen molar-refractivity contribution in [1.29, 1.82) is 0 Å². The summed E-state index contributed by atoms with van der Waals surface area (Å²) in [5.74, 6) is 0.717. The lowest BCUT2D eigenvalue weighted by atomic mass is 9.86. The van der Waals surface area contributed by atoms with Crippen molar-refractivity contribution in [2.75, 3.05) is 6.54 Å². The predicted molar refractivity (Wildman–Crippen MR) is 91.9 cm³/mol. The number of hydrogen-bond acceptors (Lipinski definition) is 2. The largest absolute Gasteiger partial charge is 0.310 e. The molecule has 2 heteroatoms. The molecule has 1 aromatic heterocycles. The first-order chi connectivity index (χ1) is 10.4. The Morgan fingerprint density at radius 2 is 2.14 bits per heavy atom. The highest BCUT2D eigenvalue weighted by atomic mass is 32.1. The molecule has 21 heavy (non-hydrogen) atoms. The molecule has 2 atom stereocenters. The number of fused-ring (bicyclic) bond motifs is 1. The van der Waals surface area contributed by atoms with Crippen molar-refractivity contribution in [2.24, 2.45) is 5.92 Å². The Morgan fingerprint density at radius 1 is 1.24 bits per heavy atom. The first-order valence-corrected chi connectivity index (χ1v) is 9.15. The lowest BCUT2D eigenvalue weighted by Crippen LogP contribution is -2.30. The Bertz CT molecular complexity index is 546. The van der Waals surface area contributed by atoms with Gasteiger partial charge in [0, 0.05) is 6.04 Å². The van der Waals surface area contributed by atoms with Crippen LogP contribution in [0.3, 0.4) is 0 Å². The fourth-order valence-electron chi connectivity index (χ4n) is 3.55. The number of benzene rings is 1. The molecule has 2 aromatic rings. The van der Waals surface area contributed by atoms with Crippen molar-refractivity contribution >= 4 is 11.3 Å². The minimum Gasteiger partial charge on any atom is -0.310 e. The number of nitrogens with one attached hydrogen (secondary N) is 1. The van der Waals surface area contributed by atoms with Gasteiger partial charge < -0.3 is 5.32 Å². The third kappa shape index (κ3) is 3.56. The van der Waals surface area contributed by atoms with Crippen LogP contribution in [-0.4, -0.2) is 6.54 Å². The van der Waals surface area contributed by atoms with E-state index in [1.54, 1.807) is 11.1 Å². The molecule has 0 saturated carbocycles. The number of hydrogen-bond donors (Lipinski definition) is 1. The second-order valence-electron chi connectivity index (χ2n) is 6.12. The molecule has 1 aliphatic rings. The van der Waals surface area contributed by atoms with Crippen LogP contribution in [0.1, 0.15) is 48.9 Å². The van der Waals surface area contributed by atoms with E-state index in [0.29, 0.717) is 6.04 Å². The highest BCUT2D eigenvalue weighted by molar-refractivity contribution is 7.07. The summed E-state index contributed by atoms with van der Waals surface area (Å²) in [5.41, 5.74) is 4.61. The maximum Gasteiger partial charge on any atom is 0.0354 e. The van der Waals surface area contributed by atoms with Gasteiger partial charge in [-0.25, -0.2) is 0 Å². The Balaban J connectivity index is 1.86. The van der Waals surface area contributed by atoms with Gasteiger partial charge in [-0.15, -0.1) is 0 Å². The zero-order chi connectivity index (χ0) is 14.5. The molecule has 3 rings (SSSR count). The van der Waals surface area contributed by atoms with Gasteiger partial charge in [-0.1, -0.05) is 31.2 Å². The second kappa shape index (κ2) is 7.24. The monoisotopic (exact) mass is 299 g/mol. The smallest absolute Gasteiger partial charge is 0.0354 e. The van der Waals surface area contributed by atoms with Gasteiger partial charge in [0.2, 0.25) is 0 Å². The number of rotatable bonds is 5. The minimum atomic E-state index is 0.517. The molecule has 2 unspecified atom stereocenters. The van der Waals surface area contributed by atoms with Gasteiger partial charge in [-0.2, -0.15) is 11.3 Å². The van der Waals surface area contributed by atoms with Crippen LogP contribution in [0.25, 0.3) is 0 Å². The number of thiophene rings is 1. The fraction of sp³-hybridized carbons (Fsp3) is 0.474. The summed E-state index contributed by atoms with van der Waals surface area (Å²) >= 11 is 1.82. The van der Waals surface area contributed by atoms with Gasteiger partial charge in [0.15, 0.2) is 0 Å². The van der Waals surface area contributed by atoms with E-state index in [1.807, 2.05) is 11.3 Å². The van der Waals surface area contributed by atoms with E-state index >= 15 is 0 Å². The van der Waals surface area contributed by atoms with E-state index in [9.17, 15) is 0 Å². The fourth-order valence-corrected chi connectivity index (χ4v) is 4.23. The molecule has 1 nitrogen and oxygen atoms in total. The topological polar surface area (TPSA) is 12.0 Å². The molecule has 0 bridgehead atoms. The Hall–Kier alpha value is -1.12. The average Bonchev–Trinajstić information content (AvgIpc) is 2.95. The molecule has 1 aliphatic carbocycles. The molecule has 0 aliphatic heterocycles.